The van der Waals surface area contributed by atoms with E-state index in [2.05, 4.69) is 25.6 Å². The molecule has 1 aromatic carbocycles. The van der Waals surface area contributed by atoms with Crippen LogP contribution in [-0.4, -0.2) is 13.4 Å². The van der Waals surface area contributed by atoms with E-state index in [4.69, 9.17) is 0 Å². The van der Waals surface area contributed by atoms with Crippen molar-refractivity contribution in [3.63, 3.8) is 0 Å². The molecule has 0 spiro atoms. The first-order valence-electron chi connectivity index (χ1n) is 5.55. The van der Waals surface area contributed by atoms with Gasteiger partial charge in [-0.05, 0) is 31.5 Å². The molecule has 0 radical (unpaired) electrons. The lowest BCUT2D eigenvalue weighted by atomic mass is 10.2. The summed E-state index contributed by atoms with van der Waals surface area (Å²) in [5, 5.41) is 0. The van der Waals surface area contributed by atoms with E-state index in [1.807, 2.05) is 13.0 Å². The molecule has 0 aliphatic rings. The van der Waals surface area contributed by atoms with Gasteiger partial charge in [-0.3, -0.25) is 0 Å². The Morgan fingerprint density at radius 1 is 1.37 bits per heavy atom. The van der Waals surface area contributed by atoms with Crippen LogP contribution in [0.4, 0.5) is 0 Å². The highest BCUT2D eigenvalue weighted by Gasteiger charge is 2.17. The molecule has 19 heavy (non-hydrogen) atoms. The van der Waals surface area contributed by atoms with Gasteiger partial charge in [0.05, 0.1) is 16.1 Å². The molecule has 0 atom stereocenters. The van der Waals surface area contributed by atoms with Crippen molar-refractivity contribution in [2.24, 2.45) is 0 Å². The number of sulfonamides is 1. The topological polar surface area (TPSA) is 59.1 Å². The third-order valence-electron chi connectivity index (χ3n) is 2.71. The number of thiazole rings is 1. The molecule has 102 valence electrons. The van der Waals surface area contributed by atoms with Crippen molar-refractivity contribution in [1.29, 1.82) is 0 Å². The molecule has 2 rings (SSSR count). The van der Waals surface area contributed by atoms with Crippen LogP contribution >= 0.6 is 27.3 Å². The molecule has 0 aliphatic carbocycles. The molecule has 0 bridgehead atoms. The van der Waals surface area contributed by atoms with Gasteiger partial charge in [-0.2, -0.15) is 0 Å². The van der Waals surface area contributed by atoms with E-state index in [0.717, 1.165) is 20.6 Å². The van der Waals surface area contributed by atoms with Crippen molar-refractivity contribution in [2.75, 3.05) is 0 Å². The quantitative estimate of drug-likeness (QED) is 0.911. The molecule has 0 unspecified atom stereocenters. The number of halogens is 1. The molecule has 1 aromatic heterocycles. The van der Waals surface area contributed by atoms with Crippen molar-refractivity contribution in [3.05, 3.63) is 44.3 Å². The summed E-state index contributed by atoms with van der Waals surface area (Å²) in [7, 11) is -3.51. The lowest BCUT2D eigenvalue weighted by Crippen LogP contribution is -2.24. The second-order valence-corrected chi connectivity index (χ2v) is 7.69. The Labute approximate surface area is 125 Å². The number of hydrogen-bond donors (Lipinski definition) is 1. The Kier molecular flexibility index (Phi) is 4.39. The average Bonchev–Trinajstić information content (AvgIpc) is 2.75. The summed E-state index contributed by atoms with van der Waals surface area (Å²) >= 11 is 4.74. The van der Waals surface area contributed by atoms with E-state index in [1.54, 1.807) is 24.6 Å². The normalized spacial score (nSPS) is 11.7. The van der Waals surface area contributed by atoms with Crippen LogP contribution in [-0.2, 0) is 16.6 Å². The SMILES string of the molecule is Cc1ccc(Br)cc1S(=O)(=O)NCc1scnc1C. The highest BCUT2D eigenvalue weighted by atomic mass is 79.9. The number of benzene rings is 1. The van der Waals surface area contributed by atoms with Gasteiger partial charge in [-0.15, -0.1) is 11.3 Å². The summed E-state index contributed by atoms with van der Waals surface area (Å²) in [6.45, 7) is 3.91. The molecule has 4 nitrogen and oxygen atoms in total. The van der Waals surface area contributed by atoms with E-state index in [9.17, 15) is 8.42 Å². The number of aryl methyl sites for hydroxylation is 2. The van der Waals surface area contributed by atoms with Gasteiger partial charge in [0.2, 0.25) is 10.0 Å². The van der Waals surface area contributed by atoms with Crippen molar-refractivity contribution in [3.8, 4) is 0 Å². The number of rotatable bonds is 4. The molecular weight excluding hydrogens is 348 g/mol. The van der Waals surface area contributed by atoms with Gasteiger partial charge >= 0.3 is 0 Å². The zero-order valence-electron chi connectivity index (χ0n) is 10.5. The molecule has 1 heterocycles. The highest BCUT2D eigenvalue weighted by Crippen LogP contribution is 2.21. The Hall–Kier alpha value is -0.760. The molecule has 0 saturated heterocycles. The fourth-order valence-electron chi connectivity index (χ4n) is 1.60. The minimum atomic E-state index is -3.51. The maximum Gasteiger partial charge on any atom is 0.241 e. The maximum atomic E-state index is 12.3. The largest absolute Gasteiger partial charge is 0.250 e. The Morgan fingerprint density at radius 2 is 2.11 bits per heavy atom. The zero-order chi connectivity index (χ0) is 14.0. The van der Waals surface area contributed by atoms with Gasteiger partial charge in [-0.25, -0.2) is 18.1 Å². The van der Waals surface area contributed by atoms with Gasteiger partial charge in [0, 0.05) is 15.9 Å². The van der Waals surface area contributed by atoms with Crippen LogP contribution in [0.2, 0.25) is 0 Å². The molecule has 0 fully saturated rings. The van der Waals surface area contributed by atoms with E-state index < -0.39 is 10.0 Å². The number of aromatic nitrogens is 1. The predicted molar refractivity (Wildman–Crippen MR) is 79.8 cm³/mol. The average molecular weight is 361 g/mol. The molecule has 0 saturated carbocycles. The molecule has 0 amide bonds. The highest BCUT2D eigenvalue weighted by molar-refractivity contribution is 9.10. The Bertz CT molecular complexity index is 696. The van der Waals surface area contributed by atoms with Crippen molar-refractivity contribution < 1.29 is 8.42 Å². The van der Waals surface area contributed by atoms with Gasteiger partial charge in [-0.1, -0.05) is 22.0 Å². The second-order valence-electron chi connectivity index (χ2n) is 4.10. The predicted octanol–water partition coefficient (Wildman–Crippen LogP) is 3.00. The lowest BCUT2D eigenvalue weighted by Gasteiger charge is -2.09. The van der Waals surface area contributed by atoms with Gasteiger partial charge in [0.15, 0.2) is 0 Å². The van der Waals surface area contributed by atoms with Crippen molar-refractivity contribution >= 4 is 37.3 Å². The smallest absolute Gasteiger partial charge is 0.241 e. The molecule has 0 aliphatic heterocycles. The molecular formula is C12H13BrN2O2S2. The van der Waals surface area contributed by atoms with Crippen LogP contribution in [0.3, 0.4) is 0 Å². The van der Waals surface area contributed by atoms with E-state index in [-0.39, 0.29) is 6.54 Å². The minimum absolute atomic E-state index is 0.269. The van der Waals surface area contributed by atoms with E-state index in [1.165, 1.54) is 11.3 Å². The summed E-state index contributed by atoms with van der Waals surface area (Å²) in [5.41, 5.74) is 3.29. The lowest BCUT2D eigenvalue weighted by molar-refractivity contribution is 0.581. The number of nitrogens with one attached hydrogen (secondary N) is 1. The summed E-state index contributed by atoms with van der Waals surface area (Å²) < 4.78 is 27.9. The Morgan fingerprint density at radius 3 is 2.74 bits per heavy atom. The van der Waals surface area contributed by atoms with Crippen LogP contribution in [0, 0.1) is 13.8 Å². The van der Waals surface area contributed by atoms with Crippen molar-refractivity contribution in [1.82, 2.24) is 9.71 Å². The Balaban J connectivity index is 2.23. The third kappa shape index (κ3) is 3.42. The fraction of sp³-hybridized carbons (Fsp3) is 0.250. The summed E-state index contributed by atoms with van der Waals surface area (Å²) in [5.74, 6) is 0. The first-order chi connectivity index (χ1) is 8.90. The van der Waals surface area contributed by atoms with Gasteiger partial charge in [0.25, 0.3) is 0 Å². The molecule has 1 N–H and O–H groups in total. The van der Waals surface area contributed by atoms with Crippen molar-refractivity contribution in [2.45, 2.75) is 25.3 Å². The van der Waals surface area contributed by atoms with Gasteiger partial charge < -0.3 is 0 Å². The minimum Gasteiger partial charge on any atom is -0.250 e. The molecule has 7 heteroatoms. The standard InChI is InChI=1S/C12H13BrN2O2S2/c1-8-3-4-10(13)5-12(8)19(16,17)15-6-11-9(2)14-7-18-11/h3-5,7,15H,6H2,1-2H3. The fourth-order valence-corrected chi connectivity index (χ4v) is 4.18. The first-order valence-corrected chi connectivity index (χ1v) is 8.70. The van der Waals surface area contributed by atoms with Crippen LogP contribution in [0.25, 0.3) is 0 Å². The van der Waals surface area contributed by atoms with Crippen LogP contribution in [0.5, 0.6) is 0 Å². The van der Waals surface area contributed by atoms with Crippen LogP contribution < -0.4 is 4.72 Å². The zero-order valence-corrected chi connectivity index (χ0v) is 13.7. The van der Waals surface area contributed by atoms with E-state index >= 15 is 0 Å². The monoisotopic (exact) mass is 360 g/mol. The number of nitrogens with zero attached hydrogens (tertiary/aromatic N) is 1. The third-order valence-corrected chi connectivity index (χ3v) is 5.68. The summed E-state index contributed by atoms with van der Waals surface area (Å²) in [6.07, 6.45) is 0. The van der Waals surface area contributed by atoms with Crippen LogP contribution in [0.1, 0.15) is 16.1 Å². The number of hydrogen-bond acceptors (Lipinski definition) is 4. The van der Waals surface area contributed by atoms with Crippen LogP contribution in [0.15, 0.2) is 33.1 Å². The maximum absolute atomic E-state index is 12.3. The summed E-state index contributed by atoms with van der Waals surface area (Å²) in [4.78, 5) is 5.32. The van der Waals surface area contributed by atoms with E-state index in [0.29, 0.717) is 4.90 Å². The molecule has 2 aromatic rings. The second kappa shape index (κ2) is 5.70. The first kappa shape index (κ1) is 14.6. The van der Waals surface area contributed by atoms with Gasteiger partial charge in [0.1, 0.15) is 0 Å². The summed E-state index contributed by atoms with van der Waals surface area (Å²) in [6, 6.07) is 5.20.